The number of aliphatic hydroxyl groups excluding tert-OH is 2. The third-order valence-corrected chi connectivity index (χ3v) is 14.6. The van der Waals surface area contributed by atoms with Crippen LogP contribution in [0.25, 0.3) is 0 Å². The lowest BCUT2D eigenvalue weighted by Crippen LogP contribution is -2.45. The summed E-state index contributed by atoms with van der Waals surface area (Å²) in [5.74, 6) is -0.0170. The lowest BCUT2D eigenvalue weighted by atomic mass is 10.0. The van der Waals surface area contributed by atoms with Crippen molar-refractivity contribution in [3.05, 3.63) is 12.2 Å². The third-order valence-electron chi connectivity index (χ3n) is 14.6. The maximum atomic E-state index is 12.4. The summed E-state index contributed by atoms with van der Waals surface area (Å²) >= 11 is 0. The lowest BCUT2D eigenvalue weighted by Gasteiger charge is -2.22. The number of ether oxygens (including phenoxy) is 1. The summed E-state index contributed by atoms with van der Waals surface area (Å²) < 4.78 is 5.47. The molecule has 0 rings (SSSR count). The fourth-order valence-corrected chi connectivity index (χ4v) is 9.81. The predicted octanol–water partition coefficient (Wildman–Crippen LogP) is 19.2. The molecule has 0 aliphatic rings. The van der Waals surface area contributed by atoms with E-state index in [9.17, 15) is 19.8 Å². The summed E-state index contributed by atoms with van der Waals surface area (Å²) in [6.45, 7) is 4.96. The number of esters is 1. The molecule has 3 N–H and O–H groups in total. The summed E-state index contributed by atoms with van der Waals surface area (Å²) in [6.07, 6.45) is 69.5. The second kappa shape index (κ2) is 58.2. The van der Waals surface area contributed by atoms with Gasteiger partial charge in [-0.2, -0.15) is 0 Å². The molecule has 0 aromatic rings. The average molecular weight is 961 g/mol. The fraction of sp³-hybridized carbons (Fsp3) is 0.935. The molecule has 0 spiro atoms. The zero-order valence-corrected chi connectivity index (χ0v) is 46.1. The smallest absolute Gasteiger partial charge is 0.305 e. The molecule has 0 aliphatic carbocycles. The monoisotopic (exact) mass is 960 g/mol. The first-order chi connectivity index (χ1) is 33.5. The van der Waals surface area contributed by atoms with E-state index in [1.54, 1.807) is 0 Å². The van der Waals surface area contributed by atoms with E-state index in [1.165, 1.54) is 276 Å². The van der Waals surface area contributed by atoms with E-state index in [2.05, 4.69) is 31.3 Å². The molecule has 0 bridgehead atoms. The van der Waals surface area contributed by atoms with Crippen LogP contribution in [-0.4, -0.2) is 47.4 Å². The molecule has 0 aromatic heterocycles. The van der Waals surface area contributed by atoms with Crippen molar-refractivity contribution in [3.8, 4) is 0 Å². The van der Waals surface area contributed by atoms with Gasteiger partial charge in [0.15, 0.2) is 0 Å². The minimum Gasteiger partial charge on any atom is -0.466 e. The minimum atomic E-state index is -0.661. The molecular formula is C62H121NO5. The lowest BCUT2D eigenvalue weighted by molar-refractivity contribution is -0.143. The van der Waals surface area contributed by atoms with Crippen molar-refractivity contribution in [1.29, 1.82) is 0 Å². The van der Waals surface area contributed by atoms with Crippen molar-refractivity contribution < 1.29 is 24.5 Å². The first-order valence-electron chi connectivity index (χ1n) is 30.9. The molecule has 1 amide bonds. The van der Waals surface area contributed by atoms with Crippen molar-refractivity contribution in [3.63, 3.8) is 0 Å². The standard InChI is InChI=1S/C62H121NO5/c1-3-5-7-9-11-13-34-38-42-46-50-54-60(65)59(58-64)63-61(66)55-51-47-43-39-36-32-30-28-26-24-22-20-18-16-15-17-19-21-23-25-27-29-31-33-37-41-45-49-53-57-68-62(67)56-52-48-44-40-35-14-12-10-8-6-4-2/h15,17,59-60,64-65H,3-14,16,18-58H2,1-2H3,(H,63,66)/b17-15-. The molecule has 2 unspecified atom stereocenters. The van der Waals surface area contributed by atoms with Gasteiger partial charge in [-0.25, -0.2) is 0 Å². The second-order valence-electron chi connectivity index (χ2n) is 21.4. The first kappa shape index (κ1) is 66.6. The fourth-order valence-electron chi connectivity index (χ4n) is 9.81. The van der Waals surface area contributed by atoms with Crippen LogP contribution in [0.15, 0.2) is 12.2 Å². The summed E-state index contributed by atoms with van der Waals surface area (Å²) in [5, 5.41) is 23.2. The Morgan fingerprint density at radius 2 is 0.691 bits per heavy atom. The summed E-state index contributed by atoms with van der Waals surface area (Å²) in [5.41, 5.74) is 0. The zero-order chi connectivity index (χ0) is 49.3. The number of nitrogens with one attached hydrogen (secondary N) is 1. The van der Waals surface area contributed by atoms with E-state index in [4.69, 9.17) is 4.74 Å². The molecule has 68 heavy (non-hydrogen) atoms. The number of rotatable bonds is 58. The van der Waals surface area contributed by atoms with Crippen LogP contribution in [0, 0.1) is 0 Å². The molecule has 0 heterocycles. The van der Waals surface area contributed by atoms with Crippen LogP contribution in [0.5, 0.6) is 0 Å². The predicted molar refractivity (Wildman–Crippen MR) is 297 cm³/mol. The summed E-state index contributed by atoms with van der Waals surface area (Å²) in [4.78, 5) is 24.4. The van der Waals surface area contributed by atoms with Crippen LogP contribution in [0.3, 0.4) is 0 Å². The quantitative estimate of drug-likeness (QED) is 0.0321. The Balaban J connectivity index is 3.34. The number of carbonyl (C=O) groups is 2. The van der Waals surface area contributed by atoms with Gasteiger partial charge in [0.2, 0.25) is 5.91 Å². The highest BCUT2D eigenvalue weighted by molar-refractivity contribution is 5.76. The summed E-state index contributed by atoms with van der Waals surface area (Å²) in [7, 11) is 0. The number of carbonyl (C=O) groups excluding carboxylic acids is 2. The minimum absolute atomic E-state index is 0.0166. The van der Waals surface area contributed by atoms with E-state index in [0.29, 0.717) is 25.9 Å². The molecule has 0 aromatic carbocycles. The molecule has 0 saturated carbocycles. The Bertz CT molecular complexity index is 1020. The molecule has 6 heteroatoms. The maximum Gasteiger partial charge on any atom is 0.305 e. The van der Waals surface area contributed by atoms with Crippen LogP contribution >= 0.6 is 0 Å². The van der Waals surface area contributed by atoms with Crippen LogP contribution in [0.2, 0.25) is 0 Å². The zero-order valence-electron chi connectivity index (χ0n) is 46.1. The number of hydrogen-bond donors (Lipinski definition) is 3. The third kappa shape index (κ3) is 53.9. The number of aliphatic hydroxyl groups is 2. The van der Waals surface area contributed by atoms with Gasteiger partial charge >= 0.3 is 5.97 Å². The molecular weight excluding hydrogens is 839 g/mol. The van der Waals surface area contributed by atoms with Crippen molar-refractivity contribution in [1.82, 2.24) is 5.32 Å². The average Bonchev–Trinajstić information content (AvgIpc) is 3.34. The number of hydrogen-bond acceptors (Lipinski definition) is 5. The van der Waals surface area contributed by atoms with Gasteiger partial charge in [0, 0.05) is 12.8 Å². The highest BCUT2D eigenvalue weighted by atomic mass is 16.5. The van der Waals surface area contributed by atoms with Crippen molar-refractivity contribution >= 4 is 11.9 Å². The van der Waals surface area contributed by atoms with Gasteiger partial charge in [-0.15, -0.1) is 0 Å². The topological polar surface area (TPSA) is 95.9 Å². The van der Waals surface area contributed by atoms with Gasteiger partial charge in [0.1, 0.15) is 0 Å². The Morgan fingerprint density at radius 1 is 0.397 bits per heavy atom. The van der Waals surface area contributed by atoms with Crippen LogP contribution in [0.4, 0.5) is 0 Å². The number of allylic oxidation sites excluding steroid dienone is 2. The molecule has 0 aliphatic heterocycles. The number of amides is 1. The Kier molecular flexibility index (Phi) is 57.0. The maximum absolute atomic E-state index is 12.4. The molecule has 0 saturated heterocycles. The number of unbranched alkanes of at least 4 members (excludes halogenated alkanes) is 45. The van der Waals surface area contributed by atoms with Crippen LogP contribution in [-0.2, 0) is 14.3 Å². The Morgan fingerprint density at radius 3 is 1.04 bits per heavy atom. The molecule has 0 fully saturated rings. The van der Waals surface area contributed by atoms with Crippen LogP contribution in [0.1, 0.15) is 348 Å². The normalized spacial score (nSPS) is 12.6. The van der Waals surface area contributed by atoms with Crippen molar-refractivity contribution in [2.45, 2.75) is 360 Å². The second-order valence-corrected chi connectivity index (χ2v) is 21.4. The van der Waals surface area contributed by atoms with E-state index in [-0.39, 0.29) is 18.5 Å². The molecule has 2 atom stereocenters. The van der Waals surface area contributed by atoms with Crippen molar-refractivity contribution in [2.24, 2.45) is 0 Å². The highest BCUT2D eigenvalue weighted by Crippen LogP contribution is 2.18. The van der Waals surface area contributed by atoms with Crippen LogP contribution < -0.4 is 5.32 Å². The first-order valence-corrected chi connectivity index (χ1v) is 30.9. The van der Waals surface area contributed by atoms with Gasteiger partial charge < -0.3 is 20.3 Å². The Labute approximate surface area is 425 Å². The van der Waals surface area contributed by atoms with Gasteiger partial charge in [-0.1, -0.05) is 296 Å². The largest absolute Gasteiger partial charge is 0.466 e. The SMILES string of the molecule is CCCCCCCCCCCCCC(=O)OCCCCCCCCCCCCCC/C=C\CCCCCCCCCCCCCCCC(=O)NC(CO)C(O)CCCCCCCCCCCCC. The van der Waals surface area contributed by atoms with Gasteiger partial charge in [0.05, 0.1) is 25.4 Å². The Hall–Kier alpha value is -1.40. The molecule has 0 radical (unpaired) electrons. The van der Waals surface area contributed by atoms with Gasteiger partial charge in [0.25, 0.3) is 0 Å². The molecule has 6 nitrogen and oxygen atoms in total. The van der Waals surface area contributed by atoms with Gasteiger partial charge in [-0.3, -0.25) is 9.59 Å². The summed E-state index contributed by atoms with van der Waals surface area (Å²) in [6, 6.07) is -0.538. The van der Waals surface area contributed by atoms with Gasteiger partial charge in [-0.05, 0) is 51.4 Å². The van der Waals surface area contributed by atoms with Crippen molar-refractivity contribution in [2.75, 3.05) is 13.2 Å². The highest BCUT2D eigenvalue weighted by Gasteiger charge is 2.20. The van der Waals surface area contributed by atoms with E-state index >= 15 is 0 Å². The molecule has 404 valence electrons. The van der Waals surface area contributed by atoms with E-state index in [0.717, 1.165) is 38.5 Å². The van der Waals surface area contributed by atoms with E-state index < -0.39 is 12.1 Å². The van der Waals surface area contributed by atoms with E-state index in [1.807, 2.05) is 0 Å².